The van der Waals surface area contributed by atoms with E-state index in [0.29, 0.717) is 0 Å². The lowest BCUT2D eigenvalue weighted by Gasteiger charge is -2.17. The minimum Gasteiger partial charge on any atom is -0.394 e. The summed E-state index contributed by atoms with van der Waals surface area (Å²) >= 11 is 0. The van der Waals surface area contributed by atoms with Crippen molar-refractivity contribution in [3.8, 4) is 0 Å². The molecule has 0 spiro atoms. The molecule has 0 saturated heterocycles. The first-order chi connectivity index (χ1) is 7.22. The van der Waals surface area contributed by atoms with Crippen LogP contribution in [0.2, 0.25) is 0 Å². The van der Waals surface area contributed by atoms with Gasteiger partial charge in [0, 0.05) is 12.6 Å². The molecule has 1 unspecified atom stereocenters. The van der Waals surface area contributed by atoms with E-state index in [0.717, 1.165) is 23.6 Å². The maximum Gasteiger partial charge on any atom is 0.134 e. The predicted octanol–water partition coefficient (Wildman–Crippen LogP) is 1.01. The summed E-state index contributed by atoms with van der Waals surface area (Å²) in [6, 6.07) is 0.0447. The molecule has 0 amide bonds. The van der Waals surface area contributed by atoms with Gasteiger partial charge in [-0.15, -0.1) is 0 Å². The number of nitrogens with zero attached hydrogens (tertiary/aromatic N) is 2. The molecule has 1 heterocycles. The second-order valence-electron chi connectivity index (χ2n) is 3.38. The predicted molar refractivity (Wildman–Crippen MR) is 61.1 cm³/mol. The maximum absolute atomic E-state index is 9.08. The third kappa shape index (κ3) is 2.79. The van der Waals surface area contributed by atoms with Crippen LogP contribution in [-0.4, -0.2) is 34.8 Å². The molecule has 1 aromatic rings. The largest absolute Gasteiger partial charge is 0.394 e. The van der Waals surface area contributed by atoms with Gasteiger partial charge in [0.25, 0.3) is 0 Å². The van der Waals surface area contributed by atoms with E-state index in [1.807, 2.05) is 20.9 Å². The molecule has 0 aromatic carbocycles. The number of nitrogens with one attached hydrogen (secondary N) is 2. The number of hydrogen-bond acceptors (Lipinski definition) is 5. The van der Waals surface area contributed by atoms with Gasteiger partial charge in [-0.1, -0.05) is 6.92 Å². The molecule has 0 fully saturated rings. The topological polar surface area (TPSA) is 70.1 Å². The van der Waals surface area contributed by atoms with Crippen molar-refractivity contribution in [1.82, 2.24) is 9.97 Å². The summed E-state index contributed by atoms with van der Waals surface area (Å²) < 4.78 is 0. The lowest BCUT2D eigenvalue weighted by Crippen LogP contribution is -2.24. The van der Waals surface area contributed by atoms with Gasteiger partial charge in [-0.3, -0.25) is 0 Å². The van der Waals surface area contributed by atoms with Gasteiger partial charge in [0.2, 0.25) is 0 Å². The van der Waals surface area contributed by atoms with Crippen molar-refractivity contribution in [1.29, 1.82) is 0 Å². The normalized spacial score (nSPS) is 12.3. The average Bonchev–Trinajstić information content (AvgIpc) is 2.28. The number of hydrogen-bond donors (Lipinski definition) is 3. The van der Waals surface area contributed by atoms with Crippen LogP contribution < -0.4 is 10.6 Å². The maximum atomic E-state index is 9.08. The molecular weight excluding hydrogens is 192 g/mol. The van der Waals surface area contributed by atoms with E-state index in [-0.39, 0.29) is 12.6 Å². The zero-order chi connectivity index (χ0) is 11.3. The Bertz CT molecular complexity index is 312. The standard InChI is InChI=1S/C10H18N4O/c1-4-8(5-15)14-10-7(2)9(11-3)12-6-13-10/h6,8,15H,4-5H2,1-3H3,(H2,11,12,13,14). The average molecular weight is 210 g/mol. The van der Waals surface area contributed by atoms with Crippen LogP contribution in [0.4, 0.5) is 11.6 Å². The summed E-state index contributed by atoms with van der Waals surface area (Å²) in [6.07, 6.45) is 2.36. The van der Waals surface area contributed by atoms with E-state index in [1.165, 1.54) is 6.33 Å². The quantitative estimate of drug-likeness (QED) is 0.676. The number of aliphatic hydroxyl groups excluding tert-OH is 1. The lowest BCUT2D eigenvalue weighted by atomic mass is 10.2. The molecule has 0 radical (unpaired) electrons. The molecule has 1 aromatic heterocycles. The highest BCUT2D eigenvalue weighted by Gasteiger charge is 2.09. The molecule has 0 aliphatic heterocycles. The lowest BCUT2D eigenvalue weighted by molar-refractivity contribution is 0.271. The third-order valence-electron chi connectivity index (χ3n) is 2.37. The van der Waals surface area contributed by atoms with Crippen LogP contribution in [0.25, 0.3) is 0 Å². The van der Waals surface area contributed by atoms with Crippen molar-refractivity contribution in [2.45, 2.75) is 26.3 Å². The van der Waals surface area contributed by atoms with Crippen molar-refractivity contribution in [3.05, 3.63) is 11.9 Å². The molecule has 1 rings (SSSR count). The summed E-state index contributed by atoms with van der Waals surface area (Å²) in [4.78, 5) is 8.24. The van der Waals surface area contributed by atoms with Gasteiger partial charge < -0.3 is 15.7 Å². The second-order valence-corrected chi connectivity index (χ2v) is 3.38. The fourth-order valence-corrected chi connectivity index (χ4v) is 1.32. The Morgan fingerprint density at radius 2 is 2.07 bits per heavy atom. The SMILES string of the molecule is CCC(CO)Nc1ncnc(NC)c1C. The number of rotatable bonds is 5. The number of aliphatic hydroxyl groups is 1. The van der Waals surface area contributed by atoms with Crippen LogP contribution >= 0.6 is 0 Å². The first kappa shape index (κ1) is 11.7. The summed E-state index contributed by atoms with van der Waals surface area (Å²) in [5.74, 6) is 1.58. The van der Waals surface area contributed by atoms with Gasteiger partial charge in [0.05, 0.1) is 12.6 Å². The molecule has 0 bridgehead atoms. The molecular formula is C10H18N4O. The molecule has 84 valence electrons. The Labute approximate surface area is 90.0 Å². The smallest absolute Gasteiger partial charge is 0.134 e. The highest BCUT2D eigenvalue weighted by atomic mass is 16.3. The minimum absolute atomic E-state index is 0.0447. The van der Waals surface area contributed by atoms with Gasteiger partial charge in [0.1, 0.15) is 18.0 Å². The van der Waals surface area contributed by atoms with Crippen molar-refractivity contribution in [2.75, 3.05) is 24.3 Å². The van der Waals surface area contributed by atoms with Crippen LogP contribution in [0.5, 0.6) is 0 Å². The minimum atomic E-state index is 0.0447. The first-order valence-electron chi connectivity index (χ1n) is 5.09. The summed E-state index contributed by atoms with van der Waals surface area (Å²) in [7, 11) is 1.82. The Hall–Kier alpha value is -1.36. The Balaban J connectivity index is 2.85. The molecule has 0 saturated carbocycles. The third-order valence-corrected chi connectivity index (χ3v) is 2.37. The van der Waals surface area contributed by atoms with Gasteiger partial charge >= 0.3 is 0 Å². The van der Waals surface area contributed by atoms with Crippen LogP contribution in [0.3, 0.4) is 0 Å². The molecule has 5 heteroatoms. The van der Waals surface area contributed by atoms with Crippen molar-refractivity contribution in [3.63, 3.8) is 0 Å². The van der Waals surface area contributed by atoms with Crippen molar-refractivity contribution >= 4 is 11.6 Å². The van der Waals surface area contributed by atoms with Crippen LogP contribution in [-0.2, 0) is 0 Å². The summed E-state index contributed by atoms with van der Waals surface area (Å²) in [5, 5.41) is 15.3. The fraction of sp³-hybridized carbons (Fsp3) is 0.600. The fourth-order valence-electron chi connectivity index (χ4n) is 1.32. The molecule has 3 N–H and O–H groups in total. The Morgan fingerprint density at radius 1 is 1.40 bits per heavy atom. The van der Waals surface area contributed by atoms with Crippen LogP contribution in [0.1, 0.15) is 18.9 Å². The van der Waals surface area contributed by atoms with Crippen molar-refractivity contribution < 1.29 is 5.11 Å². The van der Waals surface area contributed by atoms with Crippen LogP contribution in [0.15, 0.2) is 6.33 Å². The highest BCUT2D eigenvalue weighted by Crippen LogP contribution is 2.18. The van der Waals surface area contributed by atoms with Crippen molar-refractivity contribution in [2.24, 2.45) is 0 Å². The second kappa shape index (κ2) is 5.50. The molecule has 1 atom stereocenters. The van der Waals surface area contributed by atoms with Crippen LogP contribution in [0, 0.1) is 6.92 Å². The van der Waals surface area contributed by atoms with Gasteiger partial charge in [0.15, 0.2) is 0 Å². The Kier molecular flexibility index (Phi) is 4.30. The van der Waals surface area contributed by atoms with Gasteiger partial charge in [-0.2, -0.15) is 0 Å². The zero-order valence-electron chi connectivity index (χ0n) is 9.41. The molecule has 0 aliphatic carbocycles. The number of aromatic nitrogens is 2. The summed E-state index contributed by atoms with van der Waals surface area (Å²) in [5.41, 5.74) is 0.965. The van der Waals surface area contributed by atoms with E-state index in [2.05, 4.69) is 20.6 Å². The molecule has 5 nitrogen and oxygen atoms in total. The van der Waals surface area contributed by atoms with Gasteiger partial charge in [-0.05, 0) is 13.3 Å². The van der Waals surface area contributed by atoms with E-state index in [9.17, 15) is 0 Å². The Morgan fingerprint density at radius 3 is 2.60 bits per heavy atom. The van der Waals surface area contributed by atoms with E-state index in [4.69, 9.17) is 5.11 Å². The zero-order valence-corrected chi connectivity index (χ0v) is 9.41. The number of anilines is 2. The van der Waals surface area contributed by atoms with E-state index < -0.39 is 0 Å². The molecule has 15 heavy (non-hydrogen) atoms. The monoisotopic (exact) mass is 210 g/mol. The van der Waals surface area contributed by atoms with E-state index >= 15 is 0 Å². The van der Waals surface area contributed by atoms with Gasteiger partial charge in [-0.25, -0.2) is 9.97 Å². The summed E-state index contributed by atoms with van der Waals surface area (Å²) in [6.45, 7) is 4.07. The highest BCUT2D eigenvalue weighted by molar-refractivity contribution is 5.56. The van der Waals surface area contributed by atoms with E-state index in [1.54, 1.807) is 0 Å². The first-order valence-corrected chi connectivity index (χ1v) is 5.09. The molecule has 0 aliphatic rings.